The average molecular weight is 399 g/mol. The highest BCUT2D eigenvalue weighted by Gasteiger charge is 2.49. The SMILES string of the molecule is CC(C)(C)OC(=O)N1CCc2c(F)ccc(OS(=O)(=O)C(F)(F)F)c2C1. The summed E-state index contributed by atoms with van der Waals surface area (Å²) in [7, 11) is -5.92. The van der Waals surface area contributed by atoms with Crippen molar-refractivity contribution < 1.29 is 39.7 Å². The molecule has 26 heavy (non-hydrogen) atoms. The largest absolute Gasteiger partial charge is 0.534 e. The summed E-state index contributed by atoms with van der Waals surface area (Å²) in [5.41, 5.74) is -6.58. The second-order valence-electron chi connectivity index (χ2n) is 6.64. The van der Waals surface area contributed by atoms with Crippen molar-refractivity contribution in [2.75, 3.05) is 6.54 Å². The molecule has 0 saturated carbocycles. The van der Waals surface area contributed by atoms with Gasteiger partial charge in [-0.1, -0.05) is 0 Å². The molecule has 0 saturated heterocycles. The monoisotopic (exact) mass is 399 g/mol. The molecule has 1 amide bonds. The predicted octanol–water partition coefficient (Wildman–Crippen LogP) is 3.35. The van der Waals surface area contributed by atoms with E-state index >= 15 is 0 Å². The molecular weight excluding hydrogens is 382 g/mol. The quantitative estimate of drug-likeness (QED) is 0.433. The third kappa shape index (κ3) is 4.37. The first-order valence-corrected chi connectivity index (χ1v) is 8.91. The molecule has 0 fully saturated rings. The number of carbonyl (C=O) groups is 1. The fraction of sp³-hybridized carbons (Fsp3) is 0.533. The lowest BCUT2D eigenvalue weighted by Gasteiger charge is -2.32. The first kappa shape index (κ1) is 20.3. The van der Waals surface area contributed by atoms with Crippen LogP contribution in [-0.2, 0) is 27.8 Å². The van der Waals surface area contributed by atoms with Crippen molar-refractivity contribution in [3.8, 4) is 5.75 Å². The van der Waals surface area contributed by atoms with Gasteiger partial charge in [-0.05, 0) is 44.9 Å². The highest BCUT2D eigenvalue weighted by molar-refractivity contribution is 7.88. The Balaban J connectivity index is 2.35. The van der Waals surface area contributed by atoms with Crippen LogP contribution in [0, 0.1) is 5.82 Å². The Hall–Kier alpha value is -2.04. The maximum atomic E-state index is 14.0. The van der Waals surface area contributed by atoms with E-state index in [1.54, 1.807) is 20.8 Å². The minimum atomic E-state index is -5.92. The lowest BCUT2D eigenvalue weighted by molar-refractivity contribution is -0.0500. The van der Waals surface area contributed by atoms with Crippen molar-refractivity contribution >= 4 is 16.2 Å². The highest BCUT2D eigenvalue weighted by atomic mass is 32.2. The lowest BCUT2D eigenvalue weighted by atomic mass is 9.98. The molecule has 2 rings (SSSR count). The minimum absolute atomic E-state index is 0.000293. The standard InChI is InChI=1S/C15H17F4NO5S/c1-14(2,3)24-13(21)20-7-6-9-10(8-20)12(5-4-11(9)16)25-26(22,23)15(17,18)19/h4-5H,6-8H2,1-3H3. The van der Waals surface area contributed by atoms with E-state index in [0.717, 1.165) is 17.0 Å². The van der Waals surface area contributed by atoms with Crippen LogP contribution in [0.1, 0.15) is 31.9 Å². The van der Waals surface area contributed by atoms with Gasteiger partial charge in [-0.3, -0.25) is 0 Å². The van der Waals surface area contributed by atoms with Crippen LogP contribution in [0.2, 0.25) is 0 Å². The highest BCUT2D eigenvalue weighted by Crippen LogP contribution is 2.34. The Morgan fingerprint density at radius 3 is 2.31 bits per heavy atom. The van der Waals surface area contributed by atoms with Crippen molar-refractivity contribution in [2.45, 2.75) is 44.8 Å². The predicted molar refractivity (Wildman–Crippen MR) is 82.4 cm³/mol. The van der Waals surface area contributed by atoms with Crippen molar-refractivity contribution in [3.63, 3.8) is 0 Å². The normalized spacial score (nSPS) is 15.4. The molecule has 1 aromatic carbocycles. The fourth-order valence-electron chi connectivity index (χ4n) is 2.33. The van der Waals surface area contributed by atoms with Gasteiger partial charge in [0.25, 0.3) is 0 Å². The summed E-state index contributed by atoms with van der Waals surface area (Å²) in [6.45, 7) is 4.62. The zero-order valence-corrected chi connectivity index (χ0v) is 15.0. The van der Waals surface area contributed by atoms with Gasteiger partial charge in [-0.2, -0.15) is 21.6 Å². The summed E-state index contributed by atoms with van der Waals surface area (Å²) in [6, 6.07) is 1.61. The average Bonchev–Trinajstić information content (AvgIpc) is 2.47. The Labute approximate surface area is 147 Å². The number of hydrogen-bond acceptors (Lipinski definition) is 5. The zero-order chi connectivity index (χ0) is 19.9. The molecule has 1 aliphatic rings. The molecule has 1 aromatic rings. The minimum Gasteiger partial charge on any atom is -0.444 e. The Morgan fingerprint density at radius 1 is 1.15 bits per heavy atom. The number of nitrogens with zero attached hydrogens (tertiary/aromatic N) is 1. The summed E-state index contributed by atoms with van der Waals surface area (Å²) in [6.07, 6.45) is -0.777. The summed E-state index contributed by atoms with van der Waals surface area (Å²) < 4.78 is 83.4. The van der Waals surface area contributed by atoms with Crippen molar-refractivity contribution in [2.24, 2.45) is 0 Å². The van der Waals surface area contributed by atoms with Crippen molar-refractivity contribution in [1.82, 2.24) is 4.90 Å². The molecule has 0 aromatic heterocycles. The van der Waals surface area contributed by atoms with Crippen LogP contribution in [0.15, 0.2) is 12.1 Å². The Morgan fingerprint density at radius 2 is 1.77 bits per heavy atom. The van der Waals surface area contributed by atoms with Crippen molar-refractivity contribution in [3.05, 3.63) is 29.1 Å². The maximum absolute atomic E-state index is 14.0. The van der Waals surface area contributed by atoms with E-state index in [9.17, 15) is 30.8 Å². The number of fused-ring (bicyclic) bond motifs is 1. The van der Waals surface area contributed by atoms with Gasteiger partial charge in [0, 0.05) is 12.1 Å². The van der Waals surface area contributed by atoms with Crippen LogP contribution in [0.3, 0.4) is 0 Å². The number of rotatable bonds is 2. The molecule has 0 spiro atoms. The summed E-state index contributed by atoms with van der Waals surface area (Å²) in [5, 5.41) is 0. The molecule has 1 aliphatic heterocycles. The number of hydrogen-bond donors (Lipinski definition) is 0. The Bertz CT molecular complexity index is 815. The van der Waals surface area contributed by atoms with E-state index in [0.29, 0.717) is 0 Å². The number of halogens is 4. The maximum Gasteiger partial charge on any atom is 0.534 e. The van der Waals surface area contributed by atoms with Crippen LogP contribution in [0.5, 0.6) is 5.75 Å². The summed E-state index contributed by atoms with van der Waals surface area (Å²) in [4.78, 5) is 13.3. The lowest BCUT2D eigenvalue weighted by Crippen LogP contribution is -2.40. The van der Waals surface area contributed by atoms with E-state index in [-0.39, 0.29) is 30.6 Å². The van der Waals surface area contributed by atoms with Crippen LogP contribution in [0.25, 0.3) is 0 Å². The van der Waals surface area contributed by atoms with Crippen LogP contribution in [0.4, 0.5) is 22.4 Å². The third-order valence-corrected chi connectivity index (χ3v) is 4.41. The van der Waals surface area contributed by atoms with E-state index < -0.39 is 38.9 Å². The molecule has 0 aliphatic carbocycles. The number of amides is 1. The van der Waals surface area contributed by atoms with Gasteiger partial charge in [0.05, 0.1) is 6.54 Å². The molecule has 6 nitrogen and oxygen atoms in total. The number of alkyl halides is 3. The van der Waals surface area contributed by atoms with Gasteiger partial charge in [0.2, 0.25) is 0 Å². The zero-order valence-electron chi connectivity index (χ0n) is 14.2. The fourth-order valence-corrected chi connectivity index (χ4v) is 2.82. The number of ether oxygens (including phenoxy) is 1. The first-order valence-electron chi connectivity index (χ1n) is 7.50. The van der Waals surface area contributed by atoms with Crippen LogP contribution < -0.4 is 4.18 Å². The van der Waals surface area contributed by atoms with Gasteiger partial charge < -0.3 is 13.8 Å². The van der Waals surface area contributed by atoms with Crippen LogP contribution >= 0.6 is 0 Å². The smallest absolute Gasteiger partial charge is 0.444 e. The van der Waals surface area contributed by atoms with Gasteiger partial charge >= 0.3 is 21.7 Å². The van der Waals surface area contributed by atoms with E-state index in [4.69, 9.17) is 4.74 Å². The second-order valence-corrected chi connectivity index (χ2v) is 8.18. The number of benzene rings is 1. The first-order chi connectivity index (χ1) is 11.7. The van der Waals surface area contributed by atoms with Crippen LogP contribution in [-0.4, -0.2) is 37.1 Å². The van der Waals surface area contributed by atoms with E-state index in [1.807, 2.05) is 0 Å². The second kappa shape index (κ2) is 6.60. The molecule has 1 heterocycles. The van der Waals surface area contributed by atoms with E-state index in [2.05, 4.69) is 4.18 Å². The summed E-state index contributed by atoms with van der Waals surface area (Å²) in [5.74, 6) is -1.40. The molecule has 0 N–H and O–H groups in total. The van der Waals surface area contributed by atoms with Crippen molar-refractivity contribution in [1.29, 1.82) is 0 Å². The summed E-state index contributed by atoms with van der Waals surface area (Å²) >= 11 is 0. The molecule has 146 valence electrons. The molecule has 11 heteroatoms. The topological polar surface area (TPSA) is 72.9 Å². The third-order valence-electron chi connectivity index (χ3n) is 3.45. The van der Waals surface area contributed by atoms with E-state index in [1.165, 1.54) is 0 Å². The molecule has 0 bridgehead atoms. The van der Waals surface area contributed by atoms with Gasteiger partial charge in [0.15, 0.2) is 0 Å². The molecule has 0 radical (unpaired) electrons. The van der Waals surface area contributed by atoms with Gasteiger partial charge in [-0.15, -0.1) is 0 Å². The Kier molecular flexibility index (Phi) is 5.15. The number of carbonyl (C=O) groups excluding carboxylic acids is 1. The van der Waals surface area contributed by atoms with Gasteiger partial charge in [-0.25, -0.2) is 9.18 Å². The molecule has 0 unspecified atom stereocenters. The molecular formula is C15H17F4NO5S. The van der Waals surface area contributed by atoms with Gasteiger partial charge in [0.1, 0.15) is 17.2 Å². The molecule has 0 atom stereocenters.